The molecule has 5 nitrogen and oxygen atoms in total. The van der Waals surface area contributed by atoms with Crippen molar-refractivity contribution in [1.82, 2.24) is 5.32 Å². The summed E-state index contributed by atoms with van der Waals surface area (Å²) < 4.78 is 24.5. The fraction of sp³-hybridized carbons (Fsp3) is 0.316. The molecule has 0 heterocycles. The van der Waals surface area contributed by atoms with Gasteiger partial charge >= 0.3 is 0 Å². The van der Waals surface area contributed by atoms with Crippen molar-refractivity contribution in [2.45, 2.75) is 19.8 Å². The van der Waals surface area contributed by atoms with Gasteiger partial charge in [-0.25, -0.2) is 8.42 Å². The first-order valence-electron chi connectivity index (χ1n) is 8.40. The highest BCUT2D eigenvalue weighted by atomic mass is 32.2. The van der Waals surface area contributed by atoms with Gasteiger partial charge in [0.25, 0.3) is 0 Å². The third-order valence-corrected chi connectivity index (χ3v) is 5.43. The Hall–Kier alpha value is -2.12. The average Bonchev–Trinajstić information content (AvgIpc) is 2.57. The highest BCUT2D eigenvalue weighted by Gasteiger charge is 2.12. The zero-order valence-electron chi connectivity index (χ0n) is 15.3. The van der Waals surface area contributed by atoms with E-state index in [4.69, 9.17) is 12.2 Å². The molecule has 0 saturated carbocycles. The molecule has 0 atom stereocenters. The molecule has 0 saturated heterocycles. The van der Waals surface area contributed by atoms with Gasteiger partial charge in [0, 0.05) is 19.3 Å². The van der Waals surface area contributed by atoms with Crippen molar-refractivity contribution < 1.29 is 8.42 Å². The molecule has 0 aromatic heterocycles. The number of aryl methyl sites for hydroxylation is 2. The summed E-state index contributed by atoms with van der Waals surface area (Å²) in [6.07, 6.45) is 3.14. The third-order valence-electron chi connectivity index (χ3n) is 3.98. The molecule has 0 amide bonds. The van der Waals surface area contributed by atoms with Crippen LogP contribution in [0.2, 0.25) is 0 Å². The lowest BCUT2D eigenvalue weighted by molar-refractivity contribution is 0.600. The van der Waals surface area contributed by atoms with Crippen LogP contribution in [0.15, 0.2) is 48.5 Å². The maximum Gasteiger partial charge on any atom is 0.231 e. The number of nitrogens with zero attached hydrogens (tertiary/aromatic N) is 1. The normalized spacial score (nSPS) is 11.0. The van der Waals surface area contributed by atoms with Crippen LogP contribution in [0, 0.1) is 6.92 Å². The first-order valence-corrected chi connectivity index (χ1v) is 10.7. The summed E-state index contributed by atoms with van der Waals surface area (Å²) >= 11 is 5.32. The third kappa shape index (κ3) is 6.31. The predicted molar refractivity (Wildman–Crippen MR) is 113 cm³/mol. The molecule has 0 bridgehead atoms. The van der Waals surface area contributed by atoms with E-state index in [9.17, 15) is 8.42 Å². The van der Waals surface area contributed by atoms with Gasteiger partial charge in [0.1, 0.15) is 0 Å². The molecular formula is C19H25N3O2S2. The molecule has 2 N–H and O–H groups in total. The number of anilines is 2. The molecule has 2 aromatic rings. The van der Waals surface area contributed by atoms with Crippen molar-refractivity contribution in [3.8, 4) is 0 Å². The van der Waals surface area contributed by atoms with E-state index in [2.05, 4.69) is 41.8 Å². The minimum atomic E-state index is -3.29. The summed E-state index contributed by atoms with van der Waals surface area (Å²) in [5.41, 5.74) is 3.92. The largest absolute Gasteiger partial charge is 0.362 e. The zero-order chi connectivity index (χ0) is 19.2. The highest BCUT2D eigenvalue weighted by molar-refractivity contribution is 7.92. The Morgan fingerprint density at radius 3 is 2.58 bits per heavy atom. The Labute approximate surface area is 161 Å². The van der Waals surface area contributed by atoms with E-state index in [0.717, 1.165) is 25.1 Å². The number of thiocarbonyl (C=S) groups is 1. The Kier molecular flexibility index (Phi) is 6.99. The molecule has 2 rings (SSSR count). The van der Waals surface area contributed by atoms with Crippen molar-refractivity contribution in [2.24, 2.45) is 0 Å². The second-order valence-corrected chi connectivity index (χ2v) is 8.68. The molecule has 0 fully saturated rings. The van der Waals surface area contributed by atoms with Gasteiger partial charge in [0.05, 0.1) is 11.9 Å². The molecular weight excluding hydrogens is 366 g/mol. The zero-order valence-corrected chi connectivity index (χ0v) is 17.0. The Balaban J connectivity index is 1.82. The number of hydrogen-bond acceptors (Lipinski definition) is 3. The fourth-order valence-electron chi connectivity index (χ4n) is 2.51. The molecule has 0 aliphatic heterocycles. The molecule has 0 aliphatic carbocycles. The summed E-state index contributed by atoms with van der Waals surface area (Å²) in [5, 5.41) is 6.80. The lowest BCUT2D eigenvalue weighted by Crippen LogP contribution is -2.29. The lowest BCUT2D eigenvalue weighted by Gasteiger charge is -2.18. The topological polar surface area (TPSA) is 61.4 Å². The van der Waals surface area contributed by atoms with E-state index in [0.29, 0.717) is 10.8 Å². The number of rotatable bonds is 7. The van der Waals surface area contributed by atoms with E-state index in [-0.39, 0.29) is 0 Å². The molecule has 26 heavy (non-hydrogen) atoms. The second kappa shape index (κ2) is 9.00. The summed E-state index contributed by atoms with van der Waals surface area (Å²) in [4.78, 5) is 0. The maximum atomic E-state index is 11.6. The minimum Gasteiger partial charge on any atom is -0.362 e. The van der Waals surface area contributed by atoms with Crippen LogP contribution in [-0.2, 0) is 16.4 Å². The summed E-state index contributed by atoms with van der Waals surface area (Å²) in [5.74, 6) is 0. The Bertz CT molecular complexity index is 867. The average molecular weight is 392 g/mol. The summed E-state index contributed by atoms with van der Waals surface area (Å²) in [6.45, 7) is 2.86. The smallest absolute Gasteiger partial charge is 0.231 e. The molecule has 0 unspecified atom stereocenters. The van der Waals surface area contributed by atoms with Crippen LogP contribution in [0.25, 0.3) is 0 Å². The van der Waals surface area contributed by atoms with Gasteiger partial charge in [-0.2, -0.15) is 0 Å². The molecule has 0 aliphatic rings. The number of nitrogens with one attached hydrogen (secondary N) is 2. The molecule has 0 radical (unpaired) electrons. The number of sulfonamides is 1. The Morgan fingerprint density at radius 1 is 1.15 bits per heavy atom. The summed E-state index contributed by atoms with van der Waals surface area (Å²) in [6, 6.07) is 15.6. The van der Waals surface area contributed by atoms with E-state index < -0.39 is 10.0 Å². The van der Waals surface area contributed by atoms with Crippen molar-refractivity contribution in [2.75, 3.05) is 29.5 Å². The van der Waals surface area contributed by atoms with Crippen molar-refractivity contribution in [1.29, 1.82) is 0 Å². The van der Waals surface area contributed by atoms with Gasteiger partial charge in [-0.15, -0.1) is 0 Å². The first-order chi connectivity index (χ1) is 12.3. The molecule has 0 spiro atoms. The van der Waals surface area contributed by atoms with Crippen LogP contribution in [-0.4, -0.2) is 33.4 Å². The van der Waals surface area contributed by atoms with Crippen molar-refractivity contribution >= 4 is 38.7 Å². The predicted octanol–water partition coefficient (Wildman–Crippen LogP) is 3.31. The quantitative estimate of drug-likeness (QED) is 0.560. The molecule has 7 heteroatoms. The van der Waals surface area contributed by atoms with Crippen molar-refractivity contribution in [3.63, 3.8) is 0 Å². The second-order valence-electron chi connectivity index (χ2n) is 6.25. The lowest BCUT2D eigenvalue weighted by atomic mass is 10.1. The Morgan fingerprint density at radius 2 is 1.88 bits per heavy atom. The van der Waals surface area contributed by atoms with Gasteiger partial charge < -0.3 is 10.6 Å². The van der Waals surface area contributed by atoms with Crippen LogP contribution < -0.4 is 14.9 Å². The van der Waals surface area contributed by atoms with Crippen molar-refractivity contribution in [3.05, 3.63) is 59.7 Å². The van der Waals surface area contributed by atoms with Gasteiger partial charge in [-0.1, -0.05) is 35.9 Å². The minimum absolute atomic E-state index is 0.522. The van der Waals surface area contributed by atoms with Crippen LogP contribution >= 0.6 is 12.2 Å². The van der Waals surface area contributed by atoms with Gasteiger partial charge in [0.2, 0.25) is 10.0 Å². The van der Waals surface area contributed by atoms with E-state index in [1.807, 2.05) is 6.07 Å². The summed E-state index contributed by atoms with van der Waals surface area (Å²) in [7, 11) is -1.77. The van der Waals surface area contributed by atoms with E-state index in [1.165, 1.54) is 28.7 Å². The first kappa shape index (κ1) is 20.2. The van der Waals surface area contributed by atoms with Gasteiger partial charge in [-0.3, -0.25) is 4.31 Å². The van der Waals surface area contributed by atoms with E-state index >= 15 is 0 Å². The molecule has 140 valence electrons. The SMILES string of the molecule is Cc1cccc(CCCNC(=S)Nc2cccc(N(C)S(C)(=O)=O)c2)c1. The maximum absolute atomic E-state index is 11.6. The van der Waals surface area contributed by atoms with Crippen LogP contribution in [0.5, 0.6) is 0 Å². The van der Waals surface area contributed by atoms with Crippen LogP contribution in [0.1, 0.15) is 17.5 Å². The number of hydrogen-bond donors (Lipinski definition) is 2. The standard InChI is InChI=1S/C19H25N3O2S2/c1-15-7-4-8-16(13-15)9-6-12-20-19(25)21-17-10-5-11-18(14-17)22(2)26(3,23)24/h4-5,7-8,10-11,13-14H,6,9,12H2,1-3H3,(H2,20,21,25). The van der Waals surface area contributed by atoms with Gasteiger partial charge in [-0.05, 0) is 55.7 Å². The molecule has 2 aromatic carbocycles. The fourth-order valence-corrected chi connectivity index (χ4v) is 3.22. The van der Waals surface area contributed by atoms with E-state index in [1.54, 1.807) is 18.2 Å². The van der Waals surface area contributed by atoms with Gasteiger partial charge in [0.15, 0.2) is 5.11 Å². The monoisotopic (exact) mass is 391 g/mol. The number of benzene rings is 2. The highest BCUT2D eigenvalue weighted by Crippen LogP contribution is 2.20. The van der Waals surface area contributed by atoms with Crippen LogP contribution in [0.3, 0.4) is 0 Å². The van der Waals surface area contributed by atoms with Crippen LogP contribution in [0.4, 0.5) is 11.4 Å².